The first kappa shape index (κ1) is 30.4. The van der Waals surface area contributed by atoms with Crippen molar-refractivity contribution in [2.24, 2.45) is 5.92 Å². The zero-order chi connectivity index (χ0) is 27.4. The summed E-state index contributed by atoms with van der Waals surface area (Å²) < 4.78 is 56.3. The second-order valence-electron chi connectivity index (χ2n) is 10.3. The lowest BCUT2D eigenvalue weighted by Gasteiger charge is -2.24. The summed E-state index contributed by atoms with van der Waals surface area (Å²) in [7, 11) is 2.04. The monoisotopic (exact) mass is 553 g/mol. The molecule has 4 rings (SSSR count). The fourth-order valence-electron chi connectivity index (χ4n) is 5.03. The molecule has 39 heavy (non-hydrogen) atoms. The molecule has 1 saturated carbocycles. The average molecular weight is 554 g/mol. The number of hydrogen-bond acceptors (Lipinski definition) is 7. The molecule has 2 fully saturated rings. The standard InChI is InChI=1S/C26H35F4N7O.CH4/c1-16(2)32-24(38)18-6-4-7-21(18)34-23-19(26(28,29)30)15-31-25(35-23)33-17-8-9-22(20(27)14-17)37-11-5-10-36(3)12-13-37;/h8-9,14-16,18,21H,4-7,10-13H2,1-3H3,(H,32,38)(H2,31,33,34,35);1H4/t18-,21+;/m0./s1. The Kier molecular flexibility index (Phi) is 9.98. The topological polar surface area (TPSA) is 85.4 Å². The average Bonchev–Trinajstić information content (AvgIpc) is 3.18. The van der Waals surface area contributed by atoms with Gasteiger partial charge in [0.2, 0.25) is 11.9 Å². The highest BCUT2D eigenvalue weighted by Crippen LogP contribution is 2.37. The van der Waals surface area contributed by atoms with Gasteiger partial charge in [-0.2, -0.15) is 18.2 Å². The van der Waals surface area contributed by atoms with Crippen LogP contribution in [-0.2, 0) is 11.0 Å². The van der Waals surface area contributed by atoms with Crippen molar-refractivity contribution in [3.05, 3.63) is 35.8 Å². The Labute approximate surface area is 227 Å². The van der Waals surface area contributed by atoms with Gasteiger partial charge in [-0.05, 0) is 64.9 Å². The van der Waals surface area contributed by atoms with Crippen LogP contribution in [0.25, 0.3) is 0 Å². The quantitative estimate of drug-likeness (QED) is 0.403. The molecule has 2 aromatic rings. The van der Waals surface area contributed by atoms with Crippen LogP contribution in [0.5, 0.6) is 0 Å². The van der Waals surface area contributed by atoms with Crippen molar-refractivity contribution < 1.29 is 22.4 Å². The second-order valence-corrected chi connectivity index (χ2v) is 10.3. The minimum absolute atomic E-state index is 0. The van der Waals surface area contributed by atoms with E-state index in [-0.39, 0.29) is 25.3 Å². The summed E-state index contributed by atoms with van der Waals surface area (Å²) >= 11 is 0. The van der Waals surface area contributed by atoms with Crippen molar-refractivity contribution in [3.63, 3.8) is 0 Å². The minimum Gasteiger partial charge on any atom is -0.368 e. The normalized spacial score (nSPS) is 20.4. The van der Waals surface area contributed by atoms with E-state index in [1.54, 1.807) is 12.1 Å². The predicted molar refractivity (Wildman–Crippen MR) is 146 cm³/mol. The molecule has 2 aliphatic rings. The SMILES string of the molecule is C.CC(C)NC(=O)[C@H]1CCC[C@H]1Nc1nc(Nc2ccc(N3CCCN(C)CC3)c(F)c2)ncc1C(F)(F)F. The molecule has 0 bridgehead atoms. The molecule has 1 aromatic carbocycles. The molecule has 1 aliphatic carbocycles. The second kappa shape index (κ2) is 12.8. The van der Waals surface area contributed by atoms with Crippen molar-refractivity contribution in [3.8, 4) is 0 Å². The number of nitrogens with zero attached hydrogens (tertiary/aromatic N) is 4. The molecule has 0 unspecified atom stereocenters. The summed E-state index contributed by atoms with van der Waals surface area (Å²) in [4.78, 5) is 24.7. The molecule has 0 radical (unpaired) electrons. The van der Waals surface area contributed by atoms with Crippen LogP contribution in [-0.4, -0.2) is 66.1 Å². The van der Waals surface area contributed by atoms with E-state index < -0.39 is 35.3 Å². The number of hydrogen-bond donors (Lipinski definition) is 3. The Morgan fingerprint density at radius 3 is 2.56 bits per heavy atom. The van der Waals surface area contributed by atoms with Crippen molar-refractivity contribution in [1.29, 1.82) is 0 Å². The van der Waals surface area contributed by atoms with Crippen molar-refractivity contribution in [2.75, 3.05) is 48.8 Å². The van der Waals surface area contributed by atoms with E-state index in [2.05, 4.69) is 30.8 Å². The number of likely N-dealkylation sites (N-methyl/N-ethyl adjacent to an activating group) is 1. The van der Waals surface area contributed by atoms with E-state index >= 15 is 4.39 Å². The van der Waals surface area contributed by atoms with Crippen LogP contribution < -0.4 is 20.9 Å². The van der Waals surface area contributed by atoms with Gasteiger partial charge in [0.25, 0.3) is 0 Å². The van der Waals surface area contributed by atoms with Gasteiger partial charge in [-0.15, -0.1) is 0 Å². The maximum atomic E-state index is 15.0. The molecule has 12 heteroatoms. The van der Waals surface area contributed by atoms with Gasteiger partial charge >= 0.3 is 6.18 Å². The zero-order valence-electron chi connectivity index (χ0n) is 21.9. The number of nitrogens with one attached hydrogen (secondary N) is 3. The number of benzene rings is 1. The Bertz CT molecular complexity index is 1130. The largest absolute Gasteiger partial charge is 0.421 e. The molecule has 2 heterocycles. The molecule has 1 aliphatic heterocycles. The van der Waals surface area contributed by atoms with Gasteiger partial charge < -0.3 is 25.8 Å². The Morgan fingerprint density at radius 2 is 1.87 bits per heavy atom. The number of aromatic nitrogens is 2. The van der Waals surface area contributed by atoms with Crippen molar-refractivity contribution in [2.45, 2.75) is 65.2 Å². The van der Waals surface area contributed by atoms with E-state index in [1.165, 1.54) is 6.07 Å². The molecule has 1 amide bonds. The molecule has 1 aromatic heterocycles. The predicted octanol–water partition coefficient (Wildman–Crippen LogP) is 5.26. The number of carbonyl (C=O) groups is 1. The summed E-state index contributed by atoms with van der Waals surface area (Å²) in [5.41, 5.74) is -0.224. The first-order chi connectivity index (χ1) is 18.0. The van der Waals surface area contributed by atoms with Crippen LogP contribution in [0, 0.1) is 11.7 Å². The maximum absolute atomic E-state index is 15.0. The van der Waals surface area contributed by atoms with Crippen LogP contribution in [0.3, 0.4) is 0 Å². The third-order valence-electron chi connectivity index (χ3n) is 6.96. The Hall–Kier alpha value is -3.15. The Balaban J connectivity index is 0.00000420. The highest BCUT2D eigenvalue weighted by molar-refractivity contribution is 5.80. The van der Waals surface area contributed by atoms with Crippen molar-refractivity contribution in [1.82, 2.24) is 20.2 Å². The summed E-state index contributed by atoms with van der Waals surface area (Å²) in [6, 6.07) is 4.04. The summed E-state index contributed by atoms with van der Waals surface area (Å²) in [5, 5.41) is 8.53. The highest BCUT2D eigenvalue weighted by Gasteiger charge is 2.39. The number of anilines is 4. The third-order valence-corrected chi connectivity index (χ3v) is 6.96. The van der Waals surface area contributed by atoms with Gasteiger partial charge in [0.05, 0.1) is 11.6 Å². The number of alkyl halides is 3. The third kappa shape index (κ3) is 7.71. The molecule has 0 spiro atoms. The summed E-state index contributed by atoms with van der Waals surface area (Å²) in [5.74, 6) is -1.61. The van der Waals surface area contributed by atoms with E-state index in [0.717, 1.165) is 26.1 Å². The molecule has 8 nitrogen and oxygen atoms in total. The smallest absolute Gasteiger partial charge is 0.368 e. The van der Waals surface area contributed by atoms with Crippen LogP contribution in [0.1, 0.15) is 52.5 Å². The number of halogens is 4. The number of amides is 1. The fraction of sp³-hybridized carbons (Fsp3) is 0.593. The number of rotatable bonds is 7. The van der Waals surface area contributed by atoms with Gasteiger partial charge in [0.15, 0.2) is 0 Å². The van der Waals surface area contributed by atoms with Crippen molar-refractivity contribution >= 4 is 29.0 Å². The lowest BCUT2D eigenvalue weighted by Crippen LogP contribution is -2.41. The van der Waals surface area contributed by atoms with E-state index in [4.69, 9.17) is 0 Å². The van der Waals surface area contributed by atoms with Crippen LogP contribution in [0.2, 0.25) is 0 Å². The van der Waals surface area contributed by atoms with Crippen LogP contribution in [0.15, 0.2) is 24.4 Å². The van der Waals surface area contributed by atoms with Crippen LogP contribution >= 0.6 is 0 Å². The molecule has 1 saturated heterocycles. The van der Waals surface area contributed by atoms with E-state index in [0.29, 0.717) is 43.4 Å². The highest BCUT2D eigenvalue weighted by atomic mass is 19.4. The Morgan fingerprint density at radius 1 is 1.10 bits per heavy atom. The van der Waals surface area contributed by atoms with Gasteiger partial charge in [-0.3, -0.25) is 4.79 Å². The number of carbonyl (C=O) groups excluding carboxylic acids is 1. The fourth-order valence-corrected chi connectivity index (χ4v) is 5.03. The molecular formula is C27H39F4N7O. The summed E-state index contributed by atoms with van der Waals surface area (Å²) in [6.45, 7) is 6.89. The lowest BCUT2D eigenvalue weighted by atomic mass is 10.0. The minimum atomic E-state index is -4.69. The van der Waals surface area contributed by atoms with Gasteiger partial charge in [-0.25, -0.2) is 9.37 Å². The molecule has 3 N–H and O–H groups in total. The zero-order valence-corrected chi connectivity index (χ0v) is 21.9. The van der Waals surface area contributed by atoms with Crippen LogP contribution in [0.4, 0.5) is 40.7 Å². The molecule has 2 atom stereocenters. The lowest BCUT2D eigenvalue weighted by molar-refractivity contribution is -0.137. The summed E-state index contributed by atoms with van der Waals surface area (Å²) in [6.07, 6.45) is -1.24. The van der Waals surface area contributed by atoms with E-state index in [9.17, 15) is 18.0 Å². The van der Waals surface area contributed by atoms with Gasteiger partial charge in [-0.1, -0.05) is 13.8 Å². The maximum Gasteiger partial charge on any atom is 0.421 e. The first-order valence-corrected chi connectivity index (χ1v) is 13.0. The molecular weight excluding hydrogens is 514 g/mol. The van der Waals surface area contributed by atoms with Gasteiger partial charge in [0.1, 0.15) is 17.2 Å². The van der Waals surface area contributed by atoms with Gasteiger partial charge in [0, 0.05) is 43.6 Å². The first-order valence-electron chi connectivity index (χ1n) is 13.0. The molecule has 216 valence electrons. The van der Waals surface area contributed by atoms with E-state index in [1.807, 2.05) is 25.8 Å².